The fourth-order valence-corrected chi connectivity index (χ4v) is 4.90. The first kappa shape index (κ1) is 19.0. The summed E-state index contributed by atoms with van der Waals surface area (Å²) in [7, 11) is 1.71. The van der Waals surface area contributed by atoms with Crippen molar-refractivity contribution in [1.82, 2.24) is 9.88 Å². The van der Waals surface area contributed by atoms with Crippen LogP contribution in [-0.2, 0) is 11.2 Å². The standard InChI is InChI=1S/C24H30N2O2/c1-28-21-9-10-22-19(16-21)6-5-7-20(22)17-24(27)26-15-4-2-3-8-23(26)18-11-13-25-14-12-18/h9-14,16,20,23H,2-8,15,17H2,1H3. The van der Waals surface area contributed by atoms with Gasteiger partial charge < -0.3 is 9.64 Å². The lowest BCUT2D eigenvalue weighted by atomic mass is 9.80. The van der Waals surface area contributed by atoms with Gasteiger partial charge in [-0.2, -0.15) is 0 Å². The number of ether oxygens (including phenoxy) is 1. The fraction of sp³-hybridized carbons (Fsp3) is 0.500. The van der Waals surface area contributed by atoms with Gasteiger partial charge in [0, 0.05) is 25.4 Å². The summed E-state index contributed by atoms with van der Waals surface area (Å²) in [5.41, 5.74) is 3.92. The van der Waals surface area contributed by atoms with Gasteiger partial charge in [-0.05, 0) is 79.0 Å². The van der Waals surface area contributed by atoms with Gasteiger partial charge in [-0.1, -0.05) is 18.9 Å². The first-order chi connectivity index (χ1) is 13.8. The van der Waals surface area contributed by atoms with Crippen molar-refractivity contribution in [2.45, 2.75) is 63.3 Å². The number of methoxy groups -OCH3 is 1. The summed E-state index contributed by atoms with van der Waals surface area (Å²) in [5.74, 6) is 1.54. The first-order valence-electron chi connectivity index (χ1n) is 10.6. The van der Waals surface area contributed by atoms with E-state index in [2.05, 4.69) is 34.1 Å². The summed E-state index contributed by atoms with van der Waals surface area (Å²) in [6, 6.07) is 10.7. The van der Waals surface area contributed by atoms with Gasteiger partial charge in [0.25, 0.3) is 0 Å². The highest BCUT2D eigenvalue weighted by Crippen LogP contribution is 2.38. The first-order valence-corrected chi connectivity index (χ1v) is 10.6. The Labute approximate surface area is 167 Å². The van der Waals surface area contributed by atoms with Gasteiger partial charge in [-0.3, -0.25) is 9.78 Å². The number of carbonyl (C=O) groups is 1. The third-order valence-electron chi connectivity index (χ3n) is 6.37. The van der Waals surface area contributed by atoms with Crippen LogP contribution >= 0.6 is 0 Å². The lowest BCUT2D eigenvalue weighted by Gasteiger charge is -2.33. The predicted octanol–water partition coefficient (Wildman–Crippen LogP) is 5.04. The molecule has 2 heterocycles. The smallest absolute Gasteiger partial charge is 0.223 e. The molecule has 148 valence electrons. The largest absolute Gasteiger partial charge is 0.497 e. The van der Waals surface area contributed by atoms with E-state index in [0.717, 1.165) is 44.4 Å². The van der Waals surface area contributed by atoms with Gasteiger partial charge in [0.2, 0.25) is 5.91 Å². The third kappa shape index (κ3) is 4.06. The van der Waals surface area contributed by atoms with Crippen molar-refractivity contribution >= 4 is 5.91 Å². The number of carbonyl (C=O) groups excluding carboxylic acids is 1. The van der Waals surface area contributed by atoms with Crippen LogP contribution in [0.5, 0.6) is 5.75 Å². The van der Waals surface area contributed by atoms with Crippen molar-refractivity contribution < 1.29 is 9.53 Å². The van der Waals surface area contributed by atoms with Crippen LogP contribution in [0, 0.1) is 0 Å². The van der Waals surface area contributed by atoms with Gasteiger partial charge in [0.05, 0.1) is 13.2 Å². The van der Waals surface area contributed by atoms with E-state index in [9.17, 15) is 4.79 Å². The molecule has 2 atom stereocenters. The Morgan fingerprint density at radius 2 is 1.96 bits per heavy atom. The topological polar surface area (TPSA) is 42.4 Å². The number of hydrogen-bond acceptors (Lipinski definition) is 3. The summed E-state index contributed by atoms with van der Waals surface area (Å²) < 4.78 is 5.39. The number of pyridine rings is 1. The molecule has 4 rings (SSSR count). The molecule has 1 aromatic heterocycles. The van der Waals surface area contributed by atoms with E-state index in [0.29, 0.717) is 18.2 Å². The van der Waals surface area contributed by atoms with Crippen LogP contribution in [0.25, 0.3) is 0 Å². The Bertz CT molecular complexity index is 806. The zero-order chi connectivity index (χ0) is 19.3. The van der Waals surface area contributed by atoms with Gasteiger partial charge in [0.15, 0.2) is 0 Å². The quantitative estimate of drug-likeness (QED) is 0.748. The SMILES string of the molecule is COc1ccc2c(c1)CCCC2CC(=O)N1CCCCCC1c1ccncc1. The second-order valence-corrected chi connectivity index (χ2v) is 8.09. The van der Waals surface area contributed by atoms with Crippen LogP contribution in [0.1, 0.15) is 73.6 Å². The fourth-order valence-electron chi connectivity index (χ4n) is 4.90. The molecule has 28 heavy (non-hydrogen) atoms. The average Bonchev–Trinajstić information content (AvgIpc) is 3.00. The molecule has 0 bridgehead atoms. The summed E-state index contributed by atoms with van der Waals surface area (Å²) in [6.07, 6.45) is 12.2. The summed E-state index contributed by atoms with van der Waals surface area (Å²) in [5, 5.41) is 0. The molecular weight excluding hydrogens is 348 g/mol. The van der Waals surface area contributed by atoms with Crippen LogP contribution < -0.4 is 4.74 Å². The Hall–Kier alpha value is -2.36. The molecule has 1 aromatic carbocycles. The van der Waals surface area contributed by atoms with E-state index in [4.69, 9.17) is 4.74 Å². The molecule has 2 aromatic rings. The highest BCUT2D eigenvalue weighted by Gasteiger charge is 2.30. The number of likely N-dealkylation sites (tertiary alicyclic amines) is 1. The molecule has 1 aliphatic heterocycles. The molecule has 0 saturated carbocycles. The molecular formula is C24H30N2O2. The van der Waals surface area contributed by atoms with E-state index in [1.54, 1.807) is 7.11 Å². The lowest BCUT2D eigenvalue weighted by Crippen LogP contribution is -2.36. The summed E-state index contributed by atoms with van der Waals surface area (Å²) in [6.45, 7) is 0.869. The maximum atomic E-state index is 13.4. The summed E-state index contributed by atoms with van der Waals surface area (Å²) in [4.78, 5) is 19.7. The maximum absolute atomic E-state index is 13.4. The Morgan fingerprint density at radius 1 is 1.11 bits per heavy atom. The normalized spacial score (nSPS) is 22.2. The van der Waals surface area contributed by atoms with E-state index in [1.165, 1.54) is 29.5 Å². The number of aryl methyl sites for hydroxylation is 1. The van der Waals surface area contributed by atoms with Crippen molar-refractivity contribution in [2.75, 3.05) is 13.7 Å². The minimum Gasteiger partial charge on any atom is -0.497 e. The van der Waals surface area contributed by atoms with Gasteiger partial charge in [0.1, 0.15) is 5.75 Å². The number of nitrogens with zero attached hydrogens (tertiary/aromatic N) is 2. The monoisotopic (exact) mass is 378 g/mol. The van der Waals surface area contributed by atoms with Crippen LogP contribution in [0.15, 0.2) is 42.7 Å². The van der Waals surface area contributed by atoms with Gasteiger partial charge in [-0.25, -0.2) is 0 Å². The van der Waals surface area contributed by atoms with Crippen LogP contribution in [0.2, 0.25) is 0 Å². The van der Waals surface area contributed by atoms with Crippen molar-refractivity contribution in [3.63, 3.8) is 0 Å². The highest BCUT2D eigenvalue weighted by atomic mass is 16.5. The average molecular weight is 379 g/mol. The molecule has 0 radical (unpaired) electrons. The van der Waals surface area contributed by atoms with Gasteiger partial charge >= 0.3 is 0 Å². The van der Waals surface area contributed by atoms with Crippen molar-refractivity contribution in [3.05, 3.63) is 59.4 Å². The summed E-state index contributed by atoms with van der Waals surface area (Å²) >= 11 is 0. The van der Waals surface area contributed by atoms with E-state index in [1.807, 2.05) is 18.5 Å². The minimum absolute atomic E-state index is 0.192. The number of hydrogen-bond donors (Lipinski definition) is 0. The van der Waals surface area contributed by atoms with E-state index < -0.39 is 0 Å². The maximum Gasteiger partial charge on any atom is 0.223 e. The van der Waals surface area contributed by atoms with Crippen LogP contribution in [0.4, 0.5) is 0 Å². The predicted molar refractivity (Wildman–Crippen MR) is 110 cm³/mol. The van der Waals surface area contributed by atoms with E-state index >= 15 is 0 Å². The molecule has 1 fully saturated rings. The molecule has 4 heteroatoms. The molecule has 1 saturated heterocycles. The van der Waals surface area contributed by atoms with Crippen molar-refractivity contribution in [3.8, 4) is 5.75 Å². The van der Waals surface area contributed by atoms with Crippen LogP contribution in [0.3, 0.4) is 0 Å². The molecule has 1 aliphatic carbocycles. The molecule has 4 nitrogen and oxygen atoms in total. The Morgan fingerprint density at radius 3 is 2.79 bits per heavy atom. The second kappa shape index (κ2) is 8.76. The molecule has 1 amide bonds. The number of rotatable bonds is 4. The zero-order valence-corrected chi connectivity index (χ0v) is 16.8. The number of benzene rings is 1. The molecule has 2 unspecified atom stereocenters. The molecule has 2 aliphatic rings. The highest BCUT2D eigenvalue weighted by molar-refractivity contribution is 5.78. The third-order valence-corrected chi connectivity index (χ3v) is 6.37. The second-order valence-electron chi connectivity index (χ2n) is 8.09. The van der Waals surface area contributed by atoms with Crippen molar-refractivity contribution in [2.24, 2.45) is 0 Å². The molecule has 0 spiro atoms. The zero-order valence-electron chi connectivity index (χ0n) is 16.8. The van der Waals surface area contributed by atoms with E-state index in [-0.39, 0.29) is 6.04 Å². The Balaban J connectivity index is 1.54. The van der Waals surface area contributed by atoms with Crippen LogP contribution in [-0.4, -0.2) is 29.4 Å². The lowest BCUT2D eigenvalue weighted by molar-refractivity contribution is -0.134. The number of fused-ring (bicyclic) bond motifs is 1. The number of aromatic nitrogens is 1. The number of amides is 1. The van der Waals surface area contributed by atoms with Gasteiger partial charge in [-0.15, -0.1) is 0 Å². The minimum atomic E-state index is 0.192. The molecule has 0 N–H and O–H groups in total. The Kier molecular flexibility index (Phi) is 5.94. The van der Waals surface area contributed by atoms with Crippen molar-refractivity contribution in [1.29, 1.82) is 0 Å².